The molecule has 4 rings (SSSR count). The van der Waals surface area contributed by atoms with E-state index >= 15 is 0 Å². The van der Waals surface area contributed by atoms with E-state index in [2.05, 4.69) is 20.5 Å². The Morgan fingerprint density at radius 3 is 2.69 bits per heavy atom. The molecule has 0 unspecified atom stereocenters. The minimum absolute atomic E-state index is 0.103. The van der Waals surface area contributed by atoms with Gasteiger partial charge in [-0.05, 0) is 22.6 Å². The van der Waals surface area contributed by atoms with E-state index in [1.165, 1.54) is 22.3 Å². The molecular formula is C18H13N5O2S. The first-order valence-corrected chi connectivity index (χ1v) is 8.68. The molecule has 2 heterocycles. The normalized spacial score (nSPS) is 10.6. The molecule has 128 valence electrons. The Bertz CT molecular complexity index is 1020. The second kappa shape index (κ2) is 7.24. The summed E-state index contributed by atoms with van der Waals surface area (Å²) in [7, 11) is 0. The van der Waals surface area contributed by atoms with Crippen molar-refractivity contribution in [3.05, 3.63) is 77.6 Å². The van der Waals surface area contributed by atoms with Gasteiger partial charge in [-0.15, -0.1) is 16.4 Å². The molecule has 2 aromatic carbocycles. The Morgan fingerprint density at radius 2 is 1.88 bits per heavy atom. The highest BCUT2D eigenvalue weighted by Gasteiger charge is 2.15. The highest BCUT2D eigenvalue weighted by molar-refractivity contribution is 7.13. The third kappa shape index (κ3) is 3.35. The minimum atomic E-state index is -0.453. The van der Waals surface area contributed by atoms with E-state index in [-0.39, 0.29) is 6.61 Å². The van der Waals surface area contributed by atoms with Crippen LogP contribution >= 0.6 is 11.3 Å². The van der Waals surface area contributed by atoms with Gasteiger partial charge in [0.05, 0.1) is 16.9 Å². The van der Waals surface area contributed by atoms with Gasteiger partial charge >= 0.3 is 5.97 Å². The molecule has 0 N–H and O–H groups in total. The molecule has 0 aliphatic rings. The summed E-state index contributed by atoms with van der Waals surface area (Å²) in [4.78, 5) is 17.0. The van der Waals surface area contributed by atoms with Gasteiger partial charge in [0.2, 0.25) is 0 Å². The standard InChI is InChI=1S/C18H13N5O2S/c24-18(15-8-4-5-9-16(15)23-12-19-21-22-23)25-10-14-11-26-17(20-14)13-6-2-1-3-7-13/h1-9,11-12H,10H2. The van der Waals surface area contributed by atoms with E-state index in [1.54, 1.807) is 24.3 Å². The molecule has 0 bridgehead atoms. The van der Waals surface area contributed by atoms with Gasteiger partial charge in [0, 0.05) is 10.9 Å². The van der Waals surface area contributed by atoms with Crippen molar-refractivity contribution in [2.24, 2.45) is 0 Å². The summed E-state index contributed by atoms with van der Waals surface area (Å²) in [5.41, 5.74) is 2.70. The molecule has 0 radical (unpaired) electrons. The largest absolute Gasteiger partial charge is 0.455 e. The first-order chi connectivity index (χ1) is 12.8. The van der Waals surface area contributed by atoms with Gasteiger partial charge in [0.1, 0.15) is 17.9 Å². The number of carbonyl (C=O) groups excluding carboxylic acids is 1. The van der Waals surface area contributed by atoms with Gasteiger partial charge in [-0.3, -0.25) is 0 Å². The Hall–Kier alpha value is -3.39. The summed E-state index contributed by atoms with van der Waals surface area (Å²) in [6, 6.07) is 16.9. The van der Waals surface area contributed by atoms with Crippen molar-refractivity contribution in [3.63, 3.8) is 0 Å². The van der Waals surface area contributed by atoms with E-state index in [0.717, 1.165) is 10.6 Å². The molecule has 26 heavy (non-hydrogen) atoms. The number of nitrogens with zero attached hydrogens (tertiary/aromatic N) is 5. The van der Waals surface area contributed by atoms with Gasteiger partial charge in [-0.1, -0.05) is 42.5 Å². The van der Waals surface area contributed by atoms with Crippen molar-refractivity contribution in [2.45, 2.75) is 6.61 Å². The highest BCUT2D eigenvalue weighted by atomic mass is 32.1. The zero-order chi connectivity index (χ0) is 17.8. The molecule has 0 amide bonds. The number of tetrazole rings is 1. The third-order valence-electron chi connectivity index (χ3n) is 3.64. The number of thiazole rings is 1. The average Bonchev–Trinajstić information content (AvgIpc) is 3.39. The number of rotatable bonds is 5. The lowest BCUT2D eigenvalue weighted by Crippen LogP contribution is -2.10. The van der Waals surface area contributed by atoms with Crippen molar-refractivity contribution in [2.75, 3.05) is 0 Å². The second-order valence-corrected chi connectivity index (χ2v) is 6.22. The summed E-state index contributed by atoms with van der Waals surface area (Å²) in [5, 5.41) is 13.8. The average molecular weight is 363 g/mol. The Balaban J connectivity index is 1.48. The maximum absolute atomic E-state index is 12.5. The first kappa shape index (κ1) is 16.1. The molecule has 0 aliphatic carbocycles. The van der Waals surface area contributed by atoms with Crippen molar-refractivity contribution in [3.8, 4) is 16.3 Å². The van der Waals surface area contributed by atoms with Crippen LogP contribution in [-0.4, -0.2) is 31.2 Å². The van der Waals surface area contributed by atoms with Crippen LogP contribution in [0.15, 0.2) is 66.3 Å². The molecule has 0 aliphatic heterocycles. The van der Waals surface area contributed by atoms with Gasteiger partial charge in [-0.25, -0.2) is 9.78 Å². The number of ether oxygens (including phenoxy) is 1. The van der Waals surface area contributed by atoms with Crippen LogP contribution < -0.4 is 0 Å². The highest BCUT2D eigenvalue weighted by Crippen LogP contribution is 2.24. The molecule has 4 aromatic rings. The van der Waals surface area contributed by atoms with Crippen LogP contribution in [0.5, 0.6) is 0 Å². The Labute approximate surface area is 152 Å². The van der Waals surface area contributed by atoms with Crippen LogP contribution in [0.1, 0.15) is 16.1 Å². The molecule has 0 fully saturated rings. The van der Waals surface area contributed by atoms with Crippen molar-refractivity contribution in [1.82, 2.24) is 25.2 Å². The molecule has 7 nitrogen and oxygen atoms in total. The van der Waals surface area contributed by atoms with Crippen molar-refractivity contribution >= 4 is 17.3 Å². The Morgan fingerprint density at radius 1 is 1.08 bits per heavy atom. The molecule has 0 atom stereocenters. The number of carbonyl (C=O) groups is 1. The third-order valence-corrected chi connectivity index (χ3v) is 4.58. The van der Waals surface area contributed by atoms with Crippen LogP contribution in [-0.2, 0) is 11.3 Å². The molecule has 2 aromatic heterocycles. The predicted molar refractivity (Wildman–Crippen MR) is 95.8 cm³/mol. The maximum Gasteiger partial charge on any atom is 0.340 e. The summed E-state index contributed by atoms with van der Waals surface area (Å²) in [6.45, 7) is 0.103. The van der Waals surface area contributed by atoms with Crippen LogP contribution in [0.2, 0.25) is 0 Å². The summed E-state index contributed by atoms with van der Waals surface area (Å²) in [6.07, 6.45) is 1.43. The van der Waals surface area contributed by atoms with Crippen LogP contribution in [0.4, 0.5) is 0 Å². The number of esters is 1. The van der Waals surface area contributed by atoms with E-state index in [9.17, 15) is 4.79 Å². The number of aromatic nitrogens is 5. The number of hydrogen-bond donors (Lipinski definition) is 0. The van der Waals surface area contributed by atoms with E-state index in [0.29, 0.717) is 16.9 Å². The number of para-hydroxylation sites is 1. The summed E-state index contributed by atoms with van der Waals surface area (Å²) < 4.78 is 6.85. The molecule has 0 saturated heterocycles. The fourth-order valence-corrected chi connectivity index (χ4v) is 3.23. The smallest absolute Gasteiger partial charge is 0.340 e. The summed E-state index contributed by atoms with van der Waals surface area (Å²) >= 11 is 1.52. The fraction of sp³-hybridized carbons (Fsp3) is 0.0556. The van der Waals surface area contributed by atoms with Gasteiger partial charge in [-0.2, -0.15) is 4.68 Å². The van der Waals surface area contributed by atoms with Gasteiger partial charge in [0.25, 0.3) is 0 Å². The minimum Gasteiger partial charge on any atom is -0.455 e. The van der Waals surface area contributed by atoms with Crippen LogP contribution in [0, 0.1) is 0 Å². The molecule has 8 heteroatoms. The van der Waals surface area contributed by atoms with Crippen molar-refractivity contribution < 1.29 is 9.53 Å². The maximum atomic E-state index is 12.5. The lowest BCUT2D eigenvalue weighted by molar-refractivity contribution is 0.0468. The molecular weight excluding hydrogens is 350 g/mol. The number of hydrogen-bond acceptors (Lipinski definition) is 7. The SMILES string of the molecule is O=C(OCc1csc(-c2ccccc2)n1)c1ccccc1-n1cnnn1. The fourth-order valence-electron chi connectivity index (χ4n) is 2.42. The van der Waals surface area contributed by atoms with E-state index in [4.69, 9.17) is 4.74 Å². The topological polar surface area (TPSA) is 82.8 Å². The lowest BCUT2D eigenvalue weighted by Gasteiger charge is -2.07. The monoisotopic (exact) mass is 363 g/mol. The van der Waals surface area contributed by atoms with E-state index < -0.39 is 5.97 Å². The zero-order valence-electron chi connectivity index (χ0n) is 13.5. The molecule has 0 spiro atoms. The first-order valence-electron chi connectivity index (χ1n) is 7.80. The van der Waals surface area contributed by atoms with Crippen LogP contribution in [0.25, 0.3) is 16.3 Å². The quantitative estimate of drug-likeness (QED) is 0.507. The van der Waals surface area contributed by atoms with Crippen LogP contribution in [0.3, 0.4) is 0 Å². The van der Waals surface area contributed by atoms with E-state index in [1.807, 2.05) is 35.7 Å². The van der Waals surface area contributed by atoms with Gasteiger partial charge in [0.15, 0.2) is 0 Å². The predicted octanol–water partition coefficient (Wildman–Crippen LogP) is 3.14. The number of benzene rings is 2. The zero-order valence-corrected chi connectivity index (χ0v) is 14.3. The summed E-state index contributed by atoms with van der Waals surface area (Å²) in [5.74, 6) is -0.453. The Kier molecular flexibility index (Phi) is 4.48. The second-order valence-electron chi connectivity index (χ2n) is 5.36. The van der Waals surface area contributed by atoms with Gasteiger partial charge < -0.3 is 4.74 Å². The lowest BCUT2D eigenvalue weighted by atomic mass is 10.2. The molecule has 0 saturated carbocycles. The van der Waals surface area contributed by atoms with Crippen molar-refractivity contribution in [1.29, 1.82) is 0 Å².